The summed E-state index contributed by atoms with van der Waals surface area (Å²) in [6.45, 7) is 0.443. The van der Waals surface area contributed by atoms with Crippen LogP contribution in [-0.2, 0) is 17.8 Å². The van der Waals surface area contributed by atoms with Crippen molar-refractivity contribution in [2.45, 2.75) is 31.3 Å². The molecule has 2 unspecified atom stereocenters. The number of pyridine rings is 2. The summed E-state index contributed by atoms with van der Waals surface area (Å²) in [7, 11) is 0. The zero-order valence-corrected chi connectivity index (χ0v) is 19.8. The zero-order chi connectivity index (χ0) is 25.0. The van der Waals surface area contributed by atoms with Crippen LogP contribution in [0.3, 0.4) is 0 Å². The fraction of sp³-hybridized carbons (Fsp3) is 0.222. The Morgan fingerprint density at radius 3 is 2.92 bits per heavy atom. The highest BCUT2D eigenvalue weighted by molar-refractivity contribution is 6.36. The van der Waals surface area contributed by atoms with Crippen LogP contribution in [0.1, 0.15) is 34.6 Å². The lowest BCUT2D eigenvalue weighted by atomic mass is 9.86. The van der Waals surface area contributed by atoms with Crippen LogP contribution in [0.4, 0.5) is 10.1 Å². The van der Waals surface area contributed by atoms with Crippen LogP contribution in [0.15, 0.2) is 59.7 Å². The molecule has 0 spiro atoms. The van der Waals surface area contributed by atoms with Gasteiger partial charge in [-0.15, -0.1) is 0 Å². The predicted molar refractivity (Wildman–Crippen MR) is 133 cm³/mol. The van der Waals surface area contributed by atoms with Gasteiger partial charge >= 0.3 is 5.97 Å². The molecule has 9 heteroatoms. The van der Waals surface area contributed by atoms with E-state index in [1.165, 1.54) is 12.3 Å². The topological polar surface area (TPSA) is 95.5 Å². The van der Waals surface area contributed by atoms with Crippen molar-refractivity contribution in [1.29, 1.82) is 0 Å². The van der Waals surface area contributed by atoms with E-state index in [2.05, 4.69) is 9.97 Å². The van der Waals surface area contributed by atoms with E-state index in [0.29, 0.717) is 58.1 Å². The maximum atomic E-state index is 15.3. The molecule has 36 heavy (non-hydrogen) atoms. The van der Waals surface area contributed by atoms with Gasteiger partial charge in [-0.25, -0.2) is 9.18 Å². The number of hydrogen-bond acceptors (Lipinski definition) is 5. The maximum Gasteiger partial charge on any atom is 0.327 e. The van der Waals surface area contributed by atoms with Gasteiger partial charge in [-0.2, -0.15) is 0 Å². The number of H-pyrrole nitrogens is 1. The van der Waals surface area contributed by atoms with Crippen LogP contribution in [0.5, 0.6) is 5.75 Å². The van der Waals surface area contributed by atoms with Gasteiger partial charge in [0.1, 0.15) is 17.6 Å². The summed E-state index contributed by atoms with van der Waals surface area (Å²) in [6.07, 6.45) is 4.23. The van der Waals surface area contributed by atoms with Gasteiger partial charge in [0.25, 0.3) is 5.56 Å². The summed E-state index contributed by atoms with van der Waals surface area (Å²) in [5, 5.41) is 11.6. The summed E-state index contributed by atoms with van der Waals surface area (Å²) >= 11 is 6.73. The quantitative estimate of drug-likeness (QED) is 0.419. The number of carboxylic acid groups (broad SMARTS) is 1. The van der Waals surface area contributed by atoms with E-state index in [4.69, 9.17) is 16.3 Å². The fourth-order valence-corrected chi connectivity index (χ4v) is 5.69. The lowest BCUT2D eigenvalue weighted by molar-refractivity contribution is -0.138. The molecule has 0 amide bonds. The molecular weight excluding hydrogens is 485 g/mol. The number of hydrogen-bond donors (Lipinski definition) is 2. The lowest BCUT2D eigenvalue weighted by Gasteiger charge is -2.27. The fourth-order valence-electron chi connectivity index (χ4n) is 5.43. The first-order valence-electron chi connectivity index (χ1n) is 11.6. The number of carbonyl (C=O) groups is 1. The zero-order valence-electron chi connectivity index (χ0n) is 19.0. The third-order valence-electron chi connectivity index (χ3n) is 7.00. The molecule has 0 radical (unpaired) electrons. The van der Waals surface area contributed by atoms with Gasteiger partial charge in [0.15, 0.2) is 0 Å². The number of carboxylic acids is 1. The molecule has 2 atom stereocenters. The second-order valence-corrected chi connectivity index (χ2v) is 9.39. The largest absolute Gasteiger partial charge is 0.493 e. The maximum absolute atomic E-state index is 15.3. The van der Waals surface area contributed by atoms with Crippen LogP contribution in [0.25, 0.3) is 10.9 Å². The Labute approximate surface area is 210 Å². The number of nitrogens with zero attached hydrogens (tertiary/aromatic N) is 2. The minimum Gasteiger partial charge on any atom is -0.493 e. The van der Waals surface area contributed by atoms with Gasteiger partial charge < -0.3 is 19.7 Å². The summed E-state index contributed by atoms with van der Waals surface area (Å²) in [5.74, 6) is -2.14. The minimum absolute atomic E-state index is 0.0557. The molecule has 2 aromatic heterocycles. The average Bonchev–Trinajstić information content (AvgIpc) is 3.20. The molecule has 0 saturated heterocycles. The van der Waals surface area contributed by atoms with E-state index in [0.717, 1.165) is 5.39 Å². The van der Waals surface area contributed by atoms with Crippen molar-refractivity contribution in [2.75, 3.05) is 11.5 Å². The standard InChI is InChI=1S/C27H21ClFN3O4/c28-23-14(12-31-19-8-2-1-5-16(19)23)13-32-20-11-18(29)15-7-4-10-36-25(15)22(20)21(24(32)27(34)35)17-6-3-9-30-26(17)33/h1-3,5-6,8-9,11-12,21,24H,4,7,10,13H2,(H,30,33)(H,34,35). The third kappa shape index (κ3) is 3.44. The van der Waals surface area contributed by atoms with E-state index < -0.39 is 29.3 Å². The number of aliphatic carboxylic acids is 1. The number of nitrogens with one attached hydrogen (secondary N) is 1. The van der Waals surface area contributed by atoms with Gasteiger partial charge in [-0.05, 0) is 31.0 Å². The number of ether oxygens (including phenoxy) is 1. The number of anilines is 1. The molecule has 2 aliphatic heterocycles. The molecule has 0 bridgehead atoms. The molecule has 0 saturated carbocycles. The van der Waals surface area contributed by atoms with Crippen molar-refractivity contribution in [1.82, 2.24) is 9.97 Å². The Hall–Kier alpha value is -3.91. The monoisotopic (exact) mass is 505 g/mol. The Morgan fingerprint density at radius 2 is 2.11 bits per heavy atom. The molecule has 4 aromatic rings. The smallest absolute Gasteiger partial charge is 0.327 e. The van der Waals surface area contributed by atoms with Crippen LogP contribution in [0, 0.1) is 5.82 Å². The molecule has 2 aliphatic rings. The van der Waals surface area contributed by atoms with Gasteiger partial charge in [-0.3, -0.25) is 9.78 Å². The number of aromatic amines is 1. The SMILES string of the molecule is O=C(O)C1C(c2ccc[nH]c2=O)c2c(cc(F)c3c2OCCC3)N1Cc1cnc2ccccc2c1Cl. The van der Waals surface area contributed by atoms with E-state index in [9.17, 15) is 14.7 Å². The van der Waals surface area contributed by atoms with E-state index in [-0.39, 0.29) is 12.1 Å². The molecule has 2 N–H and O–H groups in total. The van der Waals surface area contributed by atoms with Crippen LogP contribution in [0.2, 0.25) is 5.02 Å². The van der Waals surface area contributed by atoms with Crippen molar-refractivity contribution in [2.24, 2.45) is 0 Å². The van der Waals surface area contributed by atoms with Crippen molar-refractivity contribution >= 4 is 34.2 Å². The summed E-state index contributed by atoms with van der Waals surface area (Å²) in [4.78, 5) is 34.4. The Kier molecular flexibility index (Phi) is 5.41. The second kappa shape index (κ2) is 8.64. The highest BCUT2D eigenvalue weighted by Crippen LogP contribution is 2.52. The van der Waals surface area contributed by atoms with Crippen LogP contribution in [-0.4, -0.2) is 33.7 Å². The van der Waals surface area contributed by atoms with Crippen molar-refractivity contribution in [3.05, 3.63) is 98.3 Å². The van der Waals surface area contributed by atoms with Gasteiger partial charge in [0.2, 0.25) is 0 Å². The average molecular weight is 506 g/mol. The summed E-state index contributed by atoms with van der Waals surface area (Å²) in [5.41, 5.74) is 2.48. The lowest BCUT2D eigenvalue weighted by Crippen LogP contribution is -2.42. The molecule has 6 rings (SSSR count). The van der Waals surface area contributed by atoms with Gasteiger partial charge in [-0.1, -0.05) is 35.9 Å². The molecular formula is C27H21ClFN3O4. The van der Waals surface area contributed by atoms with Crippen LogP contribution >= 0.6 is 11.6 Å². The Morgan fingerprint density at radius 1 is 1.28 bits per heavy atom. The normalized spacial score (nSPS) is 18.6. The molecule has 0 aliphatic carbocycles. The predicted octanol–water partition coefficient (Wildman–Crippen LogP) is 4.65. The number of benzene rings is 2. The van der Waals surface area contributed by atoms with Gasteiger partial charge in [0, 0.05) is 52.3 Å². The molecule has 4 heterocycles. The first kappa shape index (κ1) is 22.5. The minimum atomic E-state index is -1.19. The molecule has 2 aromatic carbocycles. The van der Waals surface area contributed by atoms with E-state index in [1.807, 2.05) is 24.3 Å². The molecule has 182 valence electrons. The molecule has 7 nitrogen and oxygen atoms in total. The number of halogens is 2. The number of fused-ring (bicyclic) bond motifs is 4. The number of aromatic nitrogens is 2. The Balaban J connectivity index is 1.58. The van der Waals surface area contributed by atoms with E-state index >= 15 is 4.39 Å². The van der Waals surface area contributed by atoms with Crippen LogP contribution < -0.4 is 15.2 Å². The molecule has 0 fully saturated rings. The second-order valence-electron chi connectivity index (χ2n) is 9.01. The van der Waals surface area contributed by atoms with Crippen molar-refractivity contribution in [3.8, 4) is 5.75 Å². The first-order valence-corrected chi connectivity index (χ1v) is 12.0. The van der Waals surface area contributed by atoms with E-state index in [1.54, 1.807) is 23.2 Å². The highest BCUT2D eigenvalue weighted by atomic mass is 35.5. The van der Waals surface area contributed by atoms with Gasteiger partial charge in [0.05, 0.1) is 23.1 Å². The van der Waals surface area contributed by atoms with Crippen molar-refractivity contribution in [3.63, 3.8) is 0 Å². The Bertz CT molecular complexity index is 1590. The van der Waals surface area contributed by atoms with Crippen molar-refractivity contribution < 1.29 is 19.0 Å². The number of rotatable bonds is 4. The summed E-state index contributed by atoms with van der Waals surface area (Å²) in [6, 6.07) is 10.8. The number of para-hydroxylation sites is 1. The highest BCUT2D eigenvalue weighted by Gasteiger charge is 2.48. The summed E-state index contributed by atoms with van der Waals surface area (Å²) < 4.78 is 21.2. The first-order chi connectivity index (χ1) is 17.5. The third-order valence-corrected chi connectivity index (χ3v) is 7.44.